The minimum atomic E-state index is 0.576. The van der Waals surface area contributed by atoms with Crippen LogP contribution in [0.5, 0.6) is 0 Å². The Morgan fingerprint density at radius 3 is 1.79 bits per heavy atom. The molecule has 0 aliphatic rings. The van der Waals surface area contributed by atoms with Gasteiger partial charge >= 0.3 is 0 Å². The van der Waals surface area contributed by atoms with Crippen molar-refractivity contribution in [1.29, 1.82) is 0 Å². The number of pyridine rings is 1. The van der Waals surface area contributed by atoms with E-state index in [4.69, 9.17) is 19.9 Å². The van der Waals surface area contributed by atoms with Crippen LogP contribution in [0.25, 0.3) is 100 Å². The summed E-state index contributed by atoms with van der Waals surface area (Å²) in [4.78, 5) is 20.0. The summed E-state index contributed by atoms with van der Waals surface area (Å²) < 4.78 is 4.49. The van der Waals surface area contributed by atoms with Crippen LogP contribution in [0.2, 0.25) is 0 Å². The molecule has 0 aliphatic carbocycles. The maximum absolute atomic E-state index is 5.14. The molecule has 0 saturated carbocycles. The van der Waals surface area contributed by atoms with Crippen LogP contribution < -0.4 is 0 Å². The molecule has 0 unspecified atom stereocenters. The highest BCUT2D eigenvalue weighted by Crippen LogP contribution is 2.42. The van der Waals surface area contributed by atoms with E-state index in [-0.39, 0.29) is 0 Å². The molecule has 0 amide bonds. The second-order valence-corrected chi connectivity index (χ2v) is 13.2. The Morgan fingerprint density at radius 2 is 1.02 bits per heavy atom. The molecule has 0 N–H and O–H groups in total. The van der Waals surface area contributed by atoms with Crippen molar-refractivity contribution in [3.05, 3.63) is 170 Å². The van der Waals surface area contributed by atoms with E-state index in [1.54, 1.807) is 0 Å². The van der Waals surface area contributed by atoms with Gasteiger partial charge in [-0.1, -0.05) is 121 Å². The molecule has 0 spiro atoms. The van der Waals surface area contributed by atoms with Crippen LogP contribution in [0.1, 0.15) is 0 Å². The highest BCUT2D eigenvalue weighted by Gasteiger charge is 2.21. The summed E-state index contributed by atoms with van der Waals surface area (Å²) in [6.07, 6.45) is 1.86. The zero-order chi connectivity index (χ0) is 34.2. The molecule has 0 aliphatic heterocycles. The largest absolute Gasteiger partial charge is 0.294 e. The van der Waals surface area contributed by atoms with Crippen LogP contribution in [-0.2, 0) is 0 Å². The van der Waals surface area contributed by atoms with Crippen molar-refractivity contribution in [3.8, 4) is 45.7 Å². The van der Waals surface area contributed by atoms with Crippen LogP contribution in [0.3, 0.4) is 0 Å². The summed E-state index contributed by atoms with van der Waals surface area (Å²) in [6.45, 7) is 0. The number of benzene rings is 7. The first-order valence-corrected chi connectivity index (χ1v) is 17.4. The monoisotopic (exact) mass is 664 g/mol. The van der Waals surface area contributed by atoms with Gasteiger partial charge in [0, 0.05) is 38.9 Å². The van der Waals surface area contributed by atoms with Crippen LogP contribution in [0, 0.1) is 0 Å². The summed E-state index contributed by atoms with van der Waals surface area (Å²) in [7, 11) is 0. The maximum Gasteiger partial charge on any atom is 0.238 e. The van der Waals surface area contributed by atoms with Crippen LogP contribution in [-0.4, -0.2) is 29.1 Å². The minimum absolute atomic E-state index is 0.576. The quantitative estimate of drug-likeness (QED) is 0.172. The number of rotatable bonds is 5. The van der Waals surface area contributed by atoms with Gasteiger partial charge in [-0.25, -0.2) is 9.97 Å². The van der Waals surface area contributed by atoms with Gasteiger partial charge in [0.15, 0.2) is 11.6 Å². The Morgan fingerprint density at radius 1 is 0.365 bits per heavy atom. The third-order valence-corrected chi connectivity index (χ3v) is 10.2. The van der Waals surface area contributed by atoms with Gasteiger partial charge in [0.1, 0.15) is 5.82 Å². The van der Waals surface area contributed by atoms with Crippen molar-refractivity contribution in [1.82, 2.24) is 29.1 Å². The van der Waals surface area contributed by atoms with E-state index in [2.05, 4.69) is 100 Å². The van der Waals surface area contributed by atoms with E-state index in [0.717, 1.165) is 60.9 Å². The lowest BCUT2D eigenvalue weighted by Gasteiger charge is -2.12. The second-order valence-electron chi connectivity index (χ2n) is 13.2. The normalized spacial score (nSPS) is 11.8. The van der Waals surface area contributed by atoms with Crippen molar-refractivity contribution >= 4 is 54.4 Å². The van der Waals surface area contributed by atoms with Gasteiger partial charge in [-0.2, -0.15) is 9.97 Å². The molecule has 0 atom stereocenters. The first-order valence-electron chi connectivity index (χ1n) is 17.4. The molecule has 4 heterocycles. The Bertz CT molecular complexity index is 3050. The van der Waals surface area contributed by atoms with E-state index in [1.807, 2.05) is 79.0 Å². The SMILES string of the molecule is c1ccc(-c2nc(-c3ccccc3)nc(-n3c4ccccc4c4ccc(-c5cc6ccc7cccc8c7c6c(c5)n8-c5ccccn5)cc43)n2)cc1. The highest BCUT2D eigenvalue weighted by molar-refractivity contribution is 6.25. The number of nitrogens with zero attached hydrogens (tertiary/aromatic N) is 6. The first kappa shape index (κ1) is 28.6. The zero-order valence-electron chi connectivity index (χ0n) is 27.8. The van der Waals surface area contributed by atoms with Crippen molar-refractivity contribution in [3.63, 3.8) is 0 Å². The molecule has 242 valence electrons. The standard InChI is InChI=1S/C46H28N6/c1-3-12-30(13-4-1)44-48-45(31-14-5-2-6-15-31)50-46(49-44)52-37-18-8-7-17-35(37)36-24-23-32(27-39(36)52)34-26-33-22-21-29-16-11-19-38-42(29)43(33)40(28-34)51(38)41-20-9-10-25-47-41/h1-28H. The van der Waals surface area contributed by atoms with Gasteiger partial charge in [-0.05, 0) is 64.4 Å². The summed E-state index contributed by atoms with van der Waals surface area (Å²) in [5, 5.41) is 7.22. The van der Waals surface area contributed by atoms with E-state index >= 15 is 0 Å². The Hall–Kier alpha value is -7.18. The molecule has 11 aromatic rings. The second kappa shape index (κ2) is 11.2. The lowest BCUT2D eigenvalue weighted by Crippen LogP contribution is -2.06. The van der Waals surface area contributed by atoms with Crippen LogP contribution in [0.15, 0.2) is 170 Å². The van der Waals surface area contributed by atoms with Crippen LogP contribution in [0.4, 0.5) is 0 Å². The van der Waals surface area contributed by atoms with Gasteiger partial charge in [-0.15, -0.1) is 0 Å². The molecule has 7 aromatic carbocycles. The number of aromatic nitrogens is 6. The number of para-hydroxylation sites is 1. The Kier molecular flexibility index (Phi) is 6.15. The van der Waals surface area contributed by atoms with E-state index < -0.39 is 0 Å². The topological polar surface area (TPSA) is 61.4 Å². The van der Waals surface area contributed by atoms with Gasteiger partial charge in [0.05, 0.1) is 22.1 Å². The maximum atomic E-state index is 5.14. The fraction of sp³-hybridized carbons (Fsp3) is 0. The summed E-state index contributed by atoms with van der Waals surface area (Å²) in [5.74, 6) is 2.74. The zero-order valence-corrected chi connectivity index (χ0v) is 27.8. The summed E-state index contributed by atoms with van der Waals surface area (Å²) in [6, 6.07) is 57.2. The number of fused-ring (bicyclic) bond motifs is 3. The average molecular weight is 665 g/mol. The van der Waals surface area contributed by atoms with Gasteiger partial charge in [0.2, 0.25) is 5.95 Å². The molecular formula is C46H28N6. The molecule has 6 heteroatoms. The number of hydrogen-bond donors (Lipinski definition) is 0. The smallest absolute Gasteiger partial charge is 0.238 e. The van der Waals surface area contributed by atoms with Crippen molar-refractivity contribution in [2.75, 3.05) is 0 Å². The Balaban J connectivity index is 1.18. The summed E-state index contributed by atoms with van der Waals surface area (Å²) >= 11 is 0. The predicted octanol–water partition coefficient (Wildman–Crippen LogP) is 11.1. The lowest BCUT2D eigenvalue weighted by molar-refractivity contribution is 0.953. The van der Waals surface area contributed by atoms with E-state index in [1.165, 1.54) is 21.5 Å². The molecule has 52 heavy (non-hydrogen) atoms. The van der Waals surface area contributed by atoms with Crippen molar-refractivity contribution in [2.45, 2.75) is 0 Å². The van der Waals surface area contributed by atoms with Gasteiger partial charge < -0.3 is 0 Å². The minimum Gasteiger partial charge on any atom is -0.294 e. The van der Waals surface area contributed by atoms with Gasteiger partial charge in [0.25, 0.3) is 0 Å². The fourth-order valence-electron chi connectivity index (χ4n) is 7.86. The average Bonchev–Trinajstić information content (AvgIpc) is 3.74. The fourth-order valence-corrected chi connectivity index (χ4v) is 7.86. The molecule has 0 bridgehead atoms. The third kappa shape index (κ3) is 4.31. The van der Waals surface area contributed by atoms with Crippen molar-refractivity contribution < 1.29 is 0 Å². The van der Waals surface area contributed by atoms with Crippen LogP contribution >= 0.6 is 0 Å². The molecule has 0 saturated heterocycles. The predicted molar refractivity (Wildman–Crippen MR) is 211 cm³/mol. The third-order valence-electron chi connectivity index (χ3n) is 10.2. The first-order chi connectivity index (χ1) is 25.8. The number of hydrogen-bond acceptors (Lipinski definition) is 4. The molecular weight excluding hydrogens is 637 g/mol. The molecule has 11 rings (SSSR count). The van der Waals surface area contributed by atoms with E-state index in [9.17, 15) is 0 Å². The highest BCUT2D eigenvalue weighted by atomic mass is 15.2. The lowest BCUT2D eigenvalue weighted by atomic mass is 9.97. The summed E-state index contributed by atoms with van der Waals surface area (Å²) in [5.41, 5.74) is 8.46. The molecule has 4 aromatic heterocycles. The molecule has 0 radical (unpaired) electrons. The Labute approximate surface area is 298 Å². The van der Waals surface area contributed by atoms with Gasteiger partial charge in [-0.3, -0.25) is 9.13 Å². The molecule has 0 fully saturated rings. The molecule has 6 nitrogen and oxygen atoms in total. The van der Waals surface area contributed by atoms with Crippen molar-refractivity contribution in [2.24, 2.45) is 0 Å². The van der Waals surface area contributed by atoms with E-state index in [0.29, 0.717) is 17.6 Å².